The third-order valence-corrected chi connectivity index (χ3v) is 7.95. The molecule has 7 rings (SSSR count). The highest BCUT2D eigenvalue weighted by Gasteiger charge is 2.37. The summed E-state index contributed by atoms with van der Waals surface area (Å²) < 4.78 is 1.98. The Morgan fingerprint density at radius 3 is 2.74 bits per heavy atom. The summed E-state index contributed by atoms with van der Waals surface area (Å²) in [4.78, 5) is 44.9. The fraction of sp³-hybridized carbons (Fsp3) is 0.222. The van der Waals surface area contributed by atoms with Crippen LogP contribution in [0.15, 0.2) is 48.2 Å². The summed E-state index contributed by atoms with van der Waals surface area (Å²) in [6.07, 6.45) is 3.47. The molecule has 10 nitrogen and oxygen atoms in total. The highest BCUT2D eigenvalue weighted by Crippen LogP contribution is 2.38. The lowest BCUT2D eigenvalue weighted by molar-refractivity contribution is -0.122. The van der Waals surface area contributed by atoms with Gasteiger partial charge in [0, 0.05) is 35.6 Å². The zero-order chi connectivity index (χ0) is 26.2. The molecule has 5 aromatic rings. The molecular formula is C27H23N7O3S. The molecule has 1 atom stereocenters. The number of fused-ring (bicyclic) bond motifs is 3. The number of carbonyl (C=O) groups excluding carboxylic acids is 2. The van der Waals surface area contributed by atoms with E-state index in [9.17, 15) is 14.7 Å². The number of thiophene rings is 1. The minimum atomic E-state index is -1.11. The van der Waals surface area contributed by atoms with Gasteiger partial charge < -0.3 is 20.0 Å². The van der Waals surface area contributed by atoms with Crippen molar-refractivity contribution in [1.29, 1.82) is 0 Å². The molecule has 11 heteroatoms. The lowest BCUT2D eigenvalue weighted by Gasteiger charge is -2.28. The molecule has 0 saturated carbocycles. The van der Waals surface area contributed by atoms with Gasteiger partial charge in [-0.05, 0) is 31.4 Å². The number of hydrogen-bond donors (Lipinski definition) is 4. The maximum Gasteiger partial charge on any atom is 0.261 e. The molecule has 2 amide bonds. The first-order valence-electron chi connectivity index (χ1n) is 12.2. The lowest BCUT2D eigenvalue weighted by atomic mass is 9.97. The lowest BCUT2D eigenvalue weighted by Crippen LogP contribution is -2.36. The Kier molecular flexibility index (Phi) is 4.93. The van der Waals surface area contributed by atoms with Crippen molar-refractivity contribution in [1.82, 2.24) is 35.1 Å². The number of amides is 2. The van der Waals surface area contributed by atoms with Crippen LogP contribution >= 0.6 is 11.3 Å². The smallest absolute Gasteiger partial charge is 0.261 e. The van der Waals surface area contributed by atoms with Gasteiger partial charge in [0.1, 0.15) is 16.5 Å². The van der Waals surface area contributed by atoms with Crippen molar-refractivity contribution >= 4 is 55.4 Å². The third kappa shape index (κ3) is 3.36. The molecule has 0 radical (unpaired) electrons. The Hall–Kier alpha value is -4.19. The Morgan fingerprint density at radius 2 is 1.89 bits per heavy atom. The number of nitrogens with one attached hydrogen (secondary N) is 3. The van der Waals surface area contributed by atoms with Crippen LogP contribution in [0.1, 0.15) is 48.4 Å². The summed E-state index contributed by atoms with van der Waals surface area (Å²) in [5.41, 5.74) is 2.60. The van der Waals surface area contributed by atoms with Gasteiger partial charge in [0.15, 0.2) is 5.82 Å². The number of benzene rings is 1. The third-order valence-electron chi connectivity index (χ3n) is 7.10. The van der Waals surface area contributed by atoms with E-state index in [0.29, 0.717) is 52.3 Å². The molecule has 2 aliphatic heterocycles. The van der Waals surface area contributed by atoms with Crippen LogP contribution in [0.25, 0.3) is 32.3 Å². The van der Waals surface area contributed by atoms with Gasteiger partial charge in [-0.15, -0.1) is 11.3 Å². The van der Waals surface area contributed by atoms with Crippen molar-refractivity contribution in [3.63, 3.8) is 0 Å². The summed E-state index contributed by atoms with van der Waals surface area (Å²) in [7, 11) is 0. The molecule has 1 unspecified atom stereocenters. The minimum Gasteiger partial charge on any atom is -0.384 e. The quantitative estimate of drug-likeness (QED) is 0.265. The molecule has 38 heavy (non-hydrogen) atoms. The zero-order valence-electron chi connectivity index (χ0n) is 20.6. The summed E-state index contributed by atoms with van der Waals surface area (Å²) in [6, 6.07) is 9.09. The van der Waals surface area contributed by atoms with Gasteiger partial charge in [0.25, 0.3) is 11.8 Å². The van der Waals surface area contributed by atoms with Crippen molar-refractivity contribution in [3.05, 3.63) is 76.7 Å². The molecular weight excluding hydrogens is 502 g/mol. The molecule has 0 bridgehead atoms. The number of imide groups is 1. The molecule has 1 aromatic carbocycles. The number of aromatic nitrogens is 5. The molecule has 190 valence electrons. The van der Waals surface area contributed by atoms with Crippen molar-refractivity contribution in [2.45, 2.75) is 32.0 Å². The number of carbonyl (C=O) groups is 2. The molecule has 2 aliphatic rings. The number of hydrogen-bond acceptors (Lipinski definition) is 8. The van der Waals surface area contributed by atoms with E-state index in [0.717, 1.165) is 15.9 Å². The van der Waals surface area contributed by atoms with Crippen LogP contribution in [0.4, 0.5) is 0 Å². The minimum absolute atomic E-state index is 0.230. The summed E-state index contributed by atoms with van der Waals surface area (Å²) in [5, 5.41) is 20.0. The van der Waals surface area contributed by atoms with Crippen molar-refractivity contribution in [2.24, 2.45) is 0 Å². The predicted octanol–water partition coefficient (Wildman–Crippen LogP) is 2.86. The summed E-state index contributed by atoms with van der Waals surface area (Å²) in [6.45, 7) is 4.50. The largest absolute Gasteiger partial charge is 0.384 e. The van der Waals surface area contributed by atoms with Crippen LogP contribution in [0, 0.1) is 0 Å². The first kappa shape index (κ1) is 23.0. The van der Waals surface area contributed by atoms with E-state index in [-0.39, 0.29) is 11.6 Å². The Balaban J connectivity index is 1.47. The van der Waals surface area contributed by atoms with E-state index in [4.69, 9.17) is 9.97 Å². The standard InChI is InChI=1S/C27H23N7O3S/c1-27(2,37)22-17-10-28-11-18(34(17)12-30-22)23-31-16-6-4-3-5-14(16)21(32-23)20-19(24(35)33-25(20)36)15-9-29-26-13(15)7-8-38-26/h3-9,12,18,28-29,37H,10-11H2,1-2H3,(H,33,35,36). The fourth-order valence-electron chi connectivity index (χ4n) is 5.41. The van der Waals surface area contributed by atoms with Gasteiger partial charge >= 0.3 is 0 Å². The van der Waals surface area contributed by atoms with E-state index < -0.39 is 17.4 Å². The Labute approximate surface area is 220 Å². The predicted molar refractivity (Wildman–Crippen MR) is 143 cm³/mol. The molecule has 4 aromatic heterocycles. The van der Waals surface area contributed by atoms with Gasteiger partial charge in [-0.2, -0.15) is 0 Å². The summed E-state index contributed by atoms with van der Waals surface area (Å²) >= 11 is 1.53. The molecule has 0 spiro atoms. The maximum atomic E-state index is 13.3. The number of imidazole rings is 1. The number of rotatable bonds is 4. The van der Waals surface area contributed by atoms with Crippen LogP contribution in [0.5, 0.6) is 0 Å². The van der Waals surface area contributed by atoms with Gasteiger partial charge in [0.05, 0.1) is 40.1 Å². The number of nitrogens with zero attached hydrogens (tertiary/aromatic N) is 4. The van der Waals surface area contributed by atoms with E-state index in [1.165, 1.54) is 11.3 Å². The van der Waals surface area contributed by atoms with Crippen molar-refractivity contribution in [3.8, 4) is 0 Å². The van der Waals surface area contributed by atoms with Gasteiger partial charge in [-0.3, -0.25) is 14.9 Å². The van der Waals surface area contributed by atoms with Crippen LogP contribution in [0.3, 0.4) is 0 Å². The zero-order valence-corrected chi connectivity index (χ0v) is 21.4. The van der Waals surface area contributed by atoms with Crippen molar-refractivity contribution in [2.75, 3.05) is 6.54 Å². The second kappa shape index (κ2) is 8.15. The highest BCUT2D eigenvalue weighted by atomic mass is 32.1. The number of H-pyrrole nitrogens is 1. The number of para-hydroxylation sites is 1. The topological polar surface area (TPSA) is 138 Å². The molecule has 0 aliphatic carbocycles. The fourth-order valence-corrected chi connectivity index (χ4v) is 6.18. The van der Waals surface area contributed by atoms with Gasteiger partial charge in [-0.1, -0.05) is 18.2 Å². The van der Waals surface area contributed by atoms with E-state index in [2.05, 4.69) is 20.6 Å². The van der Waals surface area contributed by atoms with E-state index >= 15 is 0 Å². The Bertz CT molecular complexity index is 1820. The molecule has 4 N–H and O–H groups in total. The van der Waals surface area contributed by atoms with Gasteiger partial charge in [0.2, 0.25) is 0 Å². The van der Waals surface area contributed by atoms with Gasteiger partial charge in [-0.25, -0.2) is 15.0 Å². The van der Waals surface area contributed by atoms with Crippen LogP contribution < -0.4 is 10.6 Å². The average molecular weight is 526 g/mol. The SMILES string of the molecule is CC(C)(O)c1ncn2c1CNCC2c1nc(C2=C(c3c[nH]c4sccc34)C(=O)NC2=O)c2ccccc2n1. The number of aromatic amines is 1. The second-order valence-electron chi connectivity index (χ2n) is 10.00. The van der Waals surface area contributed by atoms with Crippen LogP contribution in [-0.4, -0.2) is 48.0 Å². The second-order valence-corrected chi connectivity index (χ2v) is 10.9. The first-order chi connectivity index (χ1) is 18.3. The Morgan fingerprint density at radius 1 is 1.08 bits per heavy atom. The normalized spacial score (nSPS) is 18.0. The number of aliphatic hydroxyl groups is 1. The maximum absolute atomic E-state index is 13.3. The molecule has 0 saturated heterocycles. The first-order valence-corrected chi connectivity index (χ1v) is 13.1. The van der Waals surface area contributed by atoms with E-state index in [1.54, 1.807) is 26.4 Å². The van der Waals surface area contributed by atoms with Crippen LogP contribution in [0.2, 0.25) is 0 Å². The van der Waals surface area contributed by atoms with Crippen LogP contribution in [-0.2, 0) is 21.7 Å². The highest BCUT2D eigenvalue weighted by molar-refractivity contribution is 7.16. The monoisotopic (exact) mass is 525 g/mol. The summed E-state index contributed by atoms with van der Waals surface area (Å²) in [5.74, 6) is -0.452. The molecule has 0 fully saturated rings. The van der Waals surface area contributed by atoms with E-state index in [1.807, 2.05) is 40.3 Å². The molecule has 6 heterocycles. The average Bonchev–Trinajstić information content (AvgIpc) is 3.66. The van der Waals surface area contributed by atoms with Crippen molar-refractivity contribution < 1.29 is 14.7 Å².